The highest BCUT2D eigenvalue weighted by Gasteiger charge is 2.25. The normalized spacial score (nSPS) is 11.4. The first-order valence-corrected chi connectivity index (χ1v) is 10.1. The Kier molecular flexibility index (Phi) is 6.69. The highest BCUT2D eigenvalue weighted by atomic mass is 32.2. The first-order valence-electron chi connectivity index (χ1n) is 8.23. The number of anilines is 2. The van der Waals surface area contributed by atoms with E-state index in [1.54, 1.807) is 50.2 Å². The van der Waals surface area contributed by atoms with Crippen LogP contribution >= 0.6 is 12.2 Å². The summed E-state index contributed by atoms with van der Waals surface area (Å²) in [7, 11) is -3.67. The highest BCUT2D eigenvalue weighted by molar-refractivity contribution is 7.89. The molecule has 0 atom stereocenters. The van der Waals surface area contributed by atoms with E-state index in [0.29, 0.717) is 18.8 Å². The Balaban J connectivity index is 2.33. The van der Waals surface area contributed by atoms with Gasteiger partial charge in [-0.3, -0.25) is 0 Å². The van der Waals surface area contributed by atoms with Gasteiger partial charge in [0, 0.05) is 13.1 Å². The van der Waals surface area contributed by atoms with Gasteiger partial charge in [0.2, 0.25) is 10.0 Å². The van der Waals surface area contributed by atoms with Crippen LogP contribution in [-0.4, -0.2) is 30.9 Å². The number of benzene rings is 2. The summed E-state index contributed by atoms with van der Waals surface area (Å²) >= 11 is 5.22. The second kappa shape index (κ2) is 8.57. The van der Waals surface area contributed by atoms with Crippen molar-refractivity contribution < 1.29 is 12.8 Å². The minimum atomic E-state index is -3.67. The third-order valence-electron chi connectivity index (χ3n) is 3.83. The van der Waals surface area contributed by atoms with Crippen molar-refractivity contribution in [3.8, 4) is 0 Å². The topological polar surface area (TPSA) is 61.4 Å². The minimum Gasteiger partial charge on any atom is -0.331 e. The van der Waals surface area contributed by atoms with Crippen molar-refractivity contribution in [1.82, 2.24) is 4.31 Å². The Hall–Kier alpha value is -2.03. The molecule has 5 nitrogen and oxygen atoms in total. The van der Waals surface area contributed by atoms with Crippen molar-refractivity contribution in [3.05, 3.63) is 53.8 Å². The van der Waals surface area contributed by atoms with E-state index in [1.807, 2.05) is 6.92 Å². The zero-order valence-electron chi connectivity index (χ0n) is 14.9. The molecule has 140 valence electrons. The van der Waals surface area contributed by atoms with Crippen LogP contribution in [0, 0.1) is 12.7 Å². The molecule has 0 aliphatic rings. The predicted octanol–water partition coefficient (Wildman–Crippen LogP) is 3.97. The van der Waals surface area contributed by atoms with Crippen LogP contribution in [0.1, 0.15) is 19.4 Å². The summed E-state index contributed by atoms with van der Waals surface area (Å²) < 4.78 is 41.0. The maximum absolute atomic E-state index is 13.8. The lowest BCUT2D eigenvalue weighted by Gasteiger charge is -2.21. The molecule has 2 aromatic rings. The van der Waals surface area contributed by atoms with Crippen molar-refractivity contribution in [3.63, 3.8) is 0 Å². The number of halogens is 1. The van der Waals surface area contributed by atoms with Crippen LogP contribution in [0.25, 0.3) is 0 Å². The summed E-state index contributed by atoms with van der Waals surface area (Å²) in [4.78, 5) is 0.138. The maximum atomic E-state index is 13.8. The van der Waals surface area contributed by atoms with Gasteiger partial charge in [-0.1, -0.05) is 32.0 Å². The SMILES string of the molecule is CCN(CC)S(=O)(=O)c1cc(C)ccc1NC(=S)Nc1ccccc1F. The third-order valence-corrected chi connectivity index (χ3v) is 6.12. The van der Waals surface area contributed by atoms with Gasteiger partial charge >= 0.3 is 0 Å². The van der Waals surface area contributed by atoms with E-state index >= 15 is 0 Å². The fourth-order valence-corrected chi connectivity index (χ4v) is 4.40. The molecular formula is C18H22FN3O2S2. The molecule has 0 aliphatic heterocycles. The van der Waals surface area contributed by atoms with Crippen LogP contribution in [0.2, 0.25) is 0 Å². The van der Waals surface area contributed by atoms with Crippen molar-refractivity contribution in [2.24, 2.45) is 0 Å². The fourth-order valence-electron chi connectivity index (χ4n) is 2.49. The second-order valence-corrected chi connectivity index (χ2v) is 7.96. The Morgan fingerprint density at radius 2 is 1.69 bits per heavy atom. The zero-order valence-corrected chi connectivity index (χ0v) is 16.5. The number of nitrogens with zero attached hydrogens (tertiary/aromatic N) is 1. The average Bonchev–Trinajstić information content (AvgIpc) is 2.59. The summed E-state index contributed by atoms with van der Waals surface area (Å²) in [5, 5.41) is 5.72. The Bertz CT molecular complexity index is 897. The Labute approximate surface area is 159 Å². The van der Waals surface area contributed by atoms with Gasteiger partial charge in [0.05, 0.1) is 11.4 Å². The van der Waals surface area contributed by atoms with E-state index < -0.39 is 15.8 Å². The molecular weight excluding hydrogens is 373 g/mol. The van der Waals surface area contributed by atoms with Crippen LogP contribution in [-0.2, 0) is 10.0 Å². The smallest absolute Gasteiger partial charge is 0.245 e. The van der Waals surface area contributed by atoms with E-state index in [-0.39, 0.29) is 15.7 Å². The fraction of sp³-hybridized carbons (Fsp3) is 0.278. The van der Waals surface area contributed by atoms with Gasteiger partial charge in [0.15, 0.2) is 5.11 Å². The predicted molar refractivity (Wildman–Crippen MR) is 108 cm³/mol. The van der Waals surface area contributed by atoms with Gasteiger partial charge in [-0.2, -0.15) is 4.31 Å². The van der Waals surface area contributed by atoms with Crippen molar-refractivity contribution in [2.45, 2.75) is 25.7 Å². The van der Waals surface area contributed by atoms with Crippen LogP contribution < -0.4 is 10.6 Å². The van der Waals surface area contributed by atoms with E-state index in [0.717, 1.165) is 5.56 Å². The second-order valence-electron chi connectivity index (χ2n) is 5.65. The first-order chi connectivity index (χ1) is 12.3. The molecule has 0 saturated carbocycles. The molecule has 2 aromatic carbocycles. The lowest BCUT2D eigenvalue weighted by Crippen LogP contribution is -2.32. The van der Waals surface area contributed by atoms with Gasteiger partial charge in [-0.15, -0.1) is 0 Å². The molecule has 0 heterocycles. The van der Waals surface area contributed by atoms with Crippen molar-refractivity contribution in [2.75, 3.05) is 23.7 Å². The highest BCUT2D eigenvalue weighted by Crippen LogP contribution is 2.26. The van der Waals surface area contributed by atoms with E-state index in [2.05, 4.69) is 10.6 Å². The third kappa shape index (κ3) is 4.57. The molecule has 0 bridgehead atoms. The standard InChI is InChI=1S/C18H22FN3O2S2/c1-4-22(5-2)26(23,24)17-12-13(3)10-11-16(17)21-18(25)20-15-9-7-6-8-14(15)19/h6-12H,4-5H2,1-3H3,(H2,20,21,25). The van der Waals surface area contributed by atoms with E-state index in [4.69, 9.17) is 12.2 Å². The molecule has 0 aromatic heterocycles. The molecule has 0 unspecified atom stereocenters. The largest absolute Gasteiger partial charge is 0.331 e. The molecule has 8 heteroatoms. The molecule has 2 N–H and O–H groups in total. The summed E-state index contributed by atoms with van der Waals surface area (Å²) in [6, 6.07) is 11.2. The van der Waals surface area contributed by atoms with Crippen LogP contribution in [0.15, 0.2) is 47.4 Å². The summed E-state index contributed by atoms with van der Waals surface area (Å²) in [5.41, 5.74) is 1.37. The molecule has 0 aliphatic carbocycles. The first kappa shape index (κ1) is 20.3. The molecule has 0 saturated heterocycles. The Morgan fingerprint density at radius 3 is 2.31 bits per heavy atom. The van der Waals surface area contributed by atoms with Crippen molar-refractivity contribution in [1.29, 1.82) is 0 Å². The Morgan fingerprint density at radius 1 is 1.08 bits per heavy atom. The van der Waals surface area contributed by atoms with Gasteiger partial charge in [-0.05, 0) is 49.0 Å². The number of nitrogens with one attached hydrogen (secondary N) is 2. The summed E-state index contributed by atoms with van der Waals surface area (Å²) in [6.07, 6.45) is 0. The van der Waals surface area contributed by atoms with Crippen LogP contribution in [0.3, 0.4) is 0 Å². The van der Waals surface area contributed by atoms with Crippen LogP contribution in [0.4, 0.5) is 15.8 Å². The summed E-state index contributed by atoms with van der Waals surface area (Å²) in [5.74, 6) is -0.448. The molecule has 2 rings (SSSR count). The number of hydrogen-bond acceptors (Lipinski definition) is 3. The van der Waals surface area contributed by atoms with Gasteiger partial charge in [-0.25, -0.2) is 12.8 Å². The van der Waals surface area contributed by atoms with Gasteiger partial charge in [0.1, 0.15) is 10.7 Å². The summed E-state index contributed by atoms with van der Waals surface area (Å²) in [6.45, 7) is 6.12. The lowest BCUT2D eigenvalue weighted by molar-refractivity contribution is 0.445. The van der Waals surface area contributed by atoms with Gasteiger partial charge < -0.3 is 10.6 Å². The number of sulfonamides is 1. The number of para-hydroxylation sites is 1. The average molecular weight is 396 g/mol. The lowest BCUT2D eigenvalue weighted by atomic mass is 10.2. The number of rotatable bonds is 6. The number of hydrogen-bond donors (Lipinski definition) is 2. The van der Waals surface area contributed by atoms with Gasteiger partial charge in [0.25, 0.3) is 0 Å². The number of thiocarbonyl (C=S) groups is 1. The van der Waals surface area contributed by atoms with E-state index in [1.165, 1.54) is 10.4 Å². The molecule has 0 fully saturated rings. The maximum Gasteiger partial charge on any atom is 0.245 e. The van der Waals surface area contributed by atoms with Crippen LogP contribution in [0.5, 0.6) is 0 Å². The monoisotopic (exact) mass is 395 g/mol. The molecule has 0 spiro atoms. The number of aryl methyl sites for hydroxylation is 1. The molecule has 0 radical (unpaired) electrons. The molecule has 26 heavy (non-hydrogen) atoms. The molecule has 0 amide bonds. The zero-order chi connectivity index (χ0) is 19.3. The van der Waals surface area contributed by atoms with E-state index in [9.17, 15) is 12.8 Å². The quantitative estimate of drug-likeness (QED) is 0.725. The minimum absolute atomic E-state index is 0.106. The van der Waals surface area contributed by atoms with Crippen molar-refractivity contribution >= 4 is 38.7 Å².